The second kappa shape index (κ2) is 12.4. The van der Waals surface area contributed by atoms with E-state index < -0.39 is 0 Å². The molecule has 0 fully saturated rings. The third-order valence-corrected chi connectivity index (χ3v) is 2.69. The summed E-state index contributed by atoms with van der Waals surface area (Å²) in [6, 6.07) is 0. The van der Waals surface area contributed by atoms with Crippen LogP contribution in [0.2, 0.25) is 0 Å². The van der Waals surface area contributed by atoms with E-state index in [4.69, 9.17) is 4.74 Å². The number of rotatable bonds is 10. The number of hydrogen-bond donors (Lipinski definition) is 0. The van der Waals surface area contributed by atoms with Crippen molar-refractivity contribution in [2.75, 3.05) is 18.5 Å². The molecule has 0 saturated carbocycles. The minimum Gasteiger partial charge on any atom is -0.382 e. The normalized spacial score (nSPS) is 10.6. The van der Waals surface area contributed by atoms with Crippen molar-refractivity contribution in [2.45, 2.75) is 51.9 Å². The lowest BCUT2D eigenvalue weighted by Gasteiger charge is -2.01. The van der Waals surface area contributed by atoms with Crippen LogP contribution in [0.3, 0.4) is 0 Å². The van der Waals surface area contributed by atoms with Crippen LogP contribution in [0.5, 0.6) is 0 Å². The molecule has 0 radical (unpaired) electrons. The van der Waals surface area contributed by atoms with Gasteiger partial charge in [0.2, 0.25) is 0 Å². The summed E-state index contributed by atoms with van der Waals surface area (Å²) >= 11 is 3.44. The number of unbranched alkanes of at least 4 members (excludes halogenated alkanes) is 6. The van der Waals surface area contributed by atoms with Gasteiger partial charge in [-0.05, 0) is 19.8 Å². The Morgan fingerprint density at radius 3 is 1.92 bits per heavy atom. The molecule has 80 valence electrons. The molecule has 0 atom stereocenters. The first-order valence-corrected chi connectivity index (χ1v) is 6.67. The molecule has 2 heteroatoms. The zero-order valence-corrected chi connectivity index (χ0v) is 10.4. The standard InChI is InChI=1S/C11H23BrO/c1-2-13-11-9-7-5-3-4-6-8-10-12/h2-11H2,1H3. The summed E-state index contributed by atoms with van der Waals surface area (Å²) in [5.41, 5.74) is 0. The zero-order valence-electron chi connectivity index (χ0n) is 8.86. The highest BCUT2D eigenvalue weighted by Gasteiger charge is 1.91. The lowest BCUT2D eigenvalue weighted by atomic mass is 10.1. The molecule has 0 bridgehead atoms. The molecular weight excluding hydrogens is 228 g/mol. The highest BCUT2D eigenvalue weighted by molar-refractivity contribution is 9.09. The van der Waals surface area contributed by atoms with Gasteiger partial charge in [-0.15, -0.1) is 0 Å². The van der Waals surface area contributed by atoms with Crippen LogP contribution in [0.1, 0.15) is 51.9 Å². The smallest absolute Gasteiger partial charge is 0.0465 e. The molecule has 0 amide bonds. The third kappa shape index (κ3) is 12.4. The lowest BCUT2D eigenvalue weighted by molar-refractivity contribution is 0.143. The highest BCUT2D eigenvalue weighted by atomic mass is 79.9. The van der Waals surface area contributed by atoms with Crippen molar-refractivity contribution in [2.24, 2.45) is 0 Å². The molecule has 13 heavy (non-hydrogen) atoms. The summed E-state index contributed by atoms with van der Waals surface area (Å²) in [6.45, 7) is 3.88. The van der Waals surface area contributed by atoms with E-state index in [0.29, 0.717) is 0 Å². The number of halogens is 1. The van der Waals surface area contributed by atoms with Gasteiger partial charge in [0.1, 0.15) is 0 Å². The predicted octanol–water partition coefficient (Wildman–Crippen LogP) is 4.15. The molecule has 0 aromatic heterocycles. The first kappa shape index (κ1) is 13.4. The molecule has 0 aliphatic carbocycles. The molecule has 0 spiro atoms. The van der Waals surface area contributed by atoms with Crippen LogP contribution in [-0.2, 0) is 4.74 Å². The molecular formula is C11H23BrO. The maximum absolute atomic E-state index is 5.27. The van der Waals surface area contributed by atoms with E-state index in [0.717, 1.165) is 18.5 Å². The predicted molar refractivity (Wildman–Crippen MR) is 62.6 cm³/mol. The summed E-state index contributed by atoms with van der Waals surface area (Å²) in [6.07, 6.45) is 9.49. The van der Waals surface area contributed by atoms with Gasteiger partial charge >= 0.3 is 0 Å². The highest BCUT2D eigenvalue weighted by Crippen LogP contribution is 2.07. The van der Waals surface area contributed by atoms with Crippen LogP contribution in [0.25, 0.3) is 0 Å². The van der Waals surface area contributed by atoms with E-state index >= 15 is 0 Å². The Balaban J connectivity index is 2.76. The molecule has 0 aliphatic rings. The quantitative estimate of drug-likeness (QED) is 0.418. The Labute approximate surface area is 91.4 Å². The average molecular weight is 251 g/mol. The fourth-order valence-electron chi connectivity index (χ4n) is 1.33. The third-order valence-electron chi connectivity index (χ3n) is 2.13. The number of alkyl halides is 1. The van der Waals surface area contributed by atoms with Gasteiger partial charge in [-0.25, -0.2) is 0 Å². The van der Waals surface area contributed by atoms with E-state index in [1.165, 1.54) is 44.9 Å². The maximum Gasteiger partial charge on any atom is 0.0465 e. The van der Waals surface area contributed by atoms with E-state index in [9.17, 15) is 0 Å². The molecule has 0 N–H and O–H groups in total. The first-order chi connectivity index (χ1) is 6.41. The summed E-state index contributed by atoms with van der Waals surface area (Å²) in [4.78, 5) is 0. The van der Waals surface area contributed by atoms with Crippen molar-refractivity contribution < 1.29 is 4.74 Å². The summed E-state index contributed by atoms with van der Waals surface area (Å²) in [5, 5.41) is 1.16. The maximum atomic E-state index is 5.27. The average Bonchev–Trinajstić information content (AvgIpc) is 2.16. The van der Waals surface area contributed by atoms with Gasteiger partial charge in [-0.2, -0.15) is 0 Å². The molecule has 0 aliphatic heterocycles. The van der Waals surface area contributed by atoms with Gasteiger partial charge in [-0.1, -0.05) is 48.0 Å². The van der Waals surface area contributed by atoms with Gasteiger partial charge in [-0.3, -0.25) is 0 Å². The van der Waals surface area contributed by atoms with Crippen molar-refractivity contribution in [3.63, 3.8) is 0 Å². The van der Waals surface area contributed by atoms with Gasteiger partial charge in [0.15, 0.2) is 0 Å². The van der Waals surface area contributed by atoms with Crippen LogP contribution >= 0.6 is 15.9 Å². The molecule has 0 aromatic rings. The minimum absolute atomic E-state index is 0.866. The molecule has 0 unspecified atom stereocenters. The zero-order chi connectivity index (χ0) is 9.78. The number of hydrogen-bond acceptors (Lipinski definition) is 1. The lowest BCUT2D eigenvalue weighted by Crippen LogP contribution is -1.92. The SMILES string of the molecule is CCOCCCCCCCCCBr. The summed E-state index contributed by atoms with van der Waals surface area (Å²) in [5.74, 6) is 0. The van der Waals surface area contributed by atoms with Gasteiger partial charge < -0.3 is 4.74 Å². The largest absolute Gasteiger partial charge is 0.382 e. The second-order valence-corrected chi connectivity index (χ2v) is 4.15. The Hall–Kier alpha value is 0.440. The van der Waals surface area contributed by atoms with Crippen LogP contribution in [0.15, 0.2) is 0 Å². The minimum atomic E-state index is 0.866. The van der Waals surface area contributed by atoms with E-state index in [1.54, 1.807) is 0 Å². The van der Waals surface area contributed by atoms with Crippen molar-refractivity contribution >= 4 is 15.9 Å². The molecule has 0 heterocycles. The molecule has 0 aromatic carbocycles. The van der Waals surface area contributed by atoms with Crippen molar-refractivity contribution in [1.29, 1.82) is 0 Å². The Kier molecular flexibility index (Phi) is 12.9. The van der Waals surface area contributed by atoms with Gasteiger partial charge in [0.05, 0.1) is 0 Å². The van der Waals surface area contributed by atoms with Crippen LogP contribution in [0, 0.1) is 0 Å². The van der Waals surface area contributed by atoms with Crippen LogP contribution in [-0.4, -0.2) is 18.5 Å². The molecule has 0 rings (SSSR count). The number of ether oxygens (including phenoxy) is 1. The molecule has 0 saturated heterocycles. The molecule has 1 nitrogen and oxygen atoms in total. The van der Waals surface area contributed by atoms with Crippen molar-refractivity contribution in [3.8, 4) is 0 Å². The van der Waals surface area contributed by atoms with E-state index in [1.807, 2.05) is 0 Å². The van der Waals surface area contributed by atoms with Crippen LogP contribution in [0.4, 0.5) is 0 Å². The second-order valence-electron chi connectivity index (χ2n) is 3.36. The van der Waals surface area contributed by atoms with Gasteiger partial charge in [0, 0.05) is 18.5 Å². The van der Waals surface area contributed by atoms with Crippen molar-refractivity contribution in [1.82, 2.24) is 0 Å². The first-order valence-electron chi connectivity index (χ1n) is 5.55. The monoisotopic (exact) mass is 250 g/mol. The fourth-order valence-corrected chi connectivity index (χ4v) is 1.72. The summed E-state index contributed by atoms with van der Waals surface area (Å²) < 4.78 is 5.27. The van der Waals surface area contributed by atoms with Crippen molar-refractivity contribution in [3.05, 3.63) is 0 Å². The Morgan fingerprint density at radius 2 is 1.38 bits per heavy atom. The topological polar surface area (TPSA) is 9.23 Å². The van der Waals surface area contributed by atoms with Crippen LogP contribution < -0.4 is 0 Å². The van der Waals surface area contributed by atoms with E-state index in [-0.39, 0.29) is 0 Å². The van der Waals surface area contributed by atoms with E-state index in [2.05, 4.69) is 22.9 Å². The summed E-state index contributed by atoms with van der Waals surface area (Å²) in [7, 11) is 0. The van der Waals surface area contributed by atoms with Gasteiger partial charge in [0.25, 0.3) is 0 Å². The fraction of sp³-hybridized carbons (Fsp3) is 1.00. The Bertz CT molecular complexity index is 76.2. The Morgan fingerprint density at radius 1 is 0.846 bits per heavy atom.